The van der Waals surface area contributed by atoms with Gasteiger partial charge >= 0.3 is 0 Å². The van der Waals surface area contributed by atoms with E-state index in [0.717, 1.165) is 38.9 Å². The fraction of sp³-hybridized carbons (Fsp3) is 0.286. The Balaban J connectivity index is 0. The summed E-state index contributed by atoms with van der Waals surface area (Å²) in [5.74, 6) is 0.833. The van der Waals surface area contributed by atoms with Crippen molar-refractivity contribution in [2.45, 2.75) is 27.2 Å². The second kappa shape index (κ2) is 17.1. The van der Waals surface area contributed by atoms with Gasteiger partial charge in [0.2, 0.25) is 6.41 Å². The van der Waals surface area contributed by atoms with Crippen molar-refractivity contribution in [1.29, 1.82) is 0 Å². The molecule has 4 nitrogen and oxygen atoms in total. The highest BCUT2D eigenvalue weighted by molar-refractivity contribution is 6.37. The predicted molar refractivity (Wildman–Crippen MR) is 117 cm³/mol. The third-order valence-electron chi connectivity index (χ3n) is 3.06. The van der Waals surface area contributed by atoms with Crippen LogP contribution in [0.4, 0.5) is 0 Å². The zero-order valence-corrected chi connectivity index (χ0v) is 18.0. The van der Waals surface area contributed by atoms with Gasteiger partial charge in [-0.2, -0.15) is 0 Å². The number of carbonyl (C=O) groups excluding carboxylic acids is 1. The van der Waals surface area contributed by atoms with E-state index < -0.39 is 0 Å². The molecule has 0 spiro atoms. The Morgan fingerprint density at radius 3 is 2.04 bits per heavy atom. The molecule has 3 N–H and O–H groups in total. The van der Waals surface area contributed by atoms with Crippen molar-refractivity contribution in [3.8, 4) is 29.3 Å². The molecule has 0 heterocycles. The predicted octanol–water partition coefficient (Wildman–Crippen LogP) is 5.16. The van der Waals surface area contributed by atoms with Crippen LogP contribution in [0.15, 0.2) is 36.4 Å². The van der Waals surface area contributed by atoms with Crippen molar-refractivity contribution in [2.75, 3.05) is 14.2 Å². The molecule has 0 bridgehead atoms. The Hall–Kier alpha value is -2.35. The molecule has 148 valence electrons. The number of amides is 1. The second-order valence-electron chi connectivity index (χ2n) is 4.54. The van der Waals surface area contributed by atoms with Crippen LogP contribution < -0.4 is 15.8 Å². The number of halogens is 2. The van der Waals surface area contributed by atoms with Gasteiger partial charge in [0, 0.05) is 17.6 Å². The number of terminal acetylenes is 1. The maximum atomic E-state index is 9.06. The average Bonchev–Trinajstić information content (AvgIpc) is 2.71. The summed E-state index contributed by atoms with van der Waals surface area (Å²) in [5, 5.41) is 3.70. The molecule has 1 amide bonds. The van der Waals surface area contributed by atoms with Crippen molar-refractivity contribution >= 4 is 29.6 Å². The van der Waals surface area contributed by atoms with Crippen LogP contribution in [0.5, 0.6) is 5.75 Å². The number of ether oxygens (including phenoxy) is 1. The molecule has 0 aliphatic carbocycles. The average molecular weight is 411 g/mol. The molecule has 0 aliphatic rings. The summed E-state index contributed by atoms with van der Waals surface area (Å²) in [4.78, 5) is 9.06. The van der Waals surface area contributed by atoms with Crippen LogP contribution in [0.25, 0.3) is 11.1 Å². The minimum absolute atomic E-state index is 0.625. The van der Waals surface area contributed by atoms with Crippen LogP contribution in [0.3, 0.4) is 0 Å². The zero-order chi connectivity index (χ0) is 21.2. The molecule has 0 radical (unpaired) electrons. The Morgan fingerprint density at radius 2 is 1.67 bits per heavy atom. The van der Waals surface area contributed by atoms with Crippen molar-refractivity contribution in [1.82, 2.24) is 5.32 Å². The molecule has 0 aliphatic heterocycles. The van der Waals surface area contributed by atoms with Crippen molar-refractivity contribution in [3.05, 3.63) is 52.0 Å². The van der Waals surface area contributed by atoms with E-state index >= 15 is 0 Å². The first kappa shape index (κ1) is 26.9. The van der Waals surface area contributed by atoms with E-state index in [4.69, 9.17) is 32.7 Å². The molecular weight excluding hydrogens is 383 g/mol. The molecule has 0 unspecified atom stereocenters. The standard InChI is InChI=1S/C15H14Cl2O.C2H5NO.C2H3N.C2H6/c1-3-12-14(16)9-8-13(15(12)17)10-4-6-11(18-2)7-5-10;1-3-2-4;1-2-3;1-2/h4-9H,3H2,1-2H3;2H,1H3,(H,3,4);1H,3H2;1-2H3. The number of nitrogens with one attached hydrogen (secondary N) is 1. The minimum Gasteiger partial charge on any atom is -0.497 e. The minimum atomic E-state index is 0.625. The van der Waals surface area contributed by atoms with Gasteiger partial charge in [0.05, 0.1) is 12.1 Å². The van der Waals surface area contributed by atoms with Crippen molar-refractivity contribution in [2.24, 2.45) is 5.73 Å². The van der Waals surface area contributed by atoms with Gasteiger partial charge in [0.25, 0.3) is 0 Å². The SMILES string of the molecule is C#CN.CC.CCc1c(Cl)ccc(-c2ccc(OC)cc2)c1Cl.CNC=O. The zero-order valence-electron chi connectivity index (χ0n) is 16.5. The summed E-state index contributed by atoms with van der Waals surface area (Å²) in [6, 6.07) is 13.4. The van der Waals surface area contributed by atoms with Gasteiger partial charge in [0.15, 0.2) is 0 Å². The lowest BCUT2D eigenvalue weighted by Gasteiger charge is -2.11. The molecule has 0 fully saturated rings. The number of benzene rings is 2. The molecule has 6 heteroatoms. The number of hydrogen-bond acceptors (Lipinski definition) is 3. The lowest BCUT2D eigenvalue weighted by molar-refractivity contribution is -0.109. The van der Waals surface area contributed by atoms with E-state index in [0.29, 0.717) is 6.41 Å². The maximum absolute atomic E-state index is 9.06. The monoisotopic (exact) mass is 410 g/mol. The normalized spacial score (nSPS) is 8.22. The van der Waals surface area contributed by atoms with E-state index in [9.17, 15) is 0 Å². The molecule has 2 rings (SSSR count). The van der Waals surface area contributed by atoms with E-state index in [1.807, 2.05) is 57.2 Å². The van der Waals surface area contributed by atoms with Gasteiger partial charge in [-0.3, -0.25) is 4.79 Å². The van der Waals surface area contributed by atoms with Crippen LogP contribution in [0, 0.1) is 12.5 Å². The number of carbonyl (C=O) groups is 1. The number of rotatable bonds is 4. The Morgan fingerprint density at radius 1 is 1.19 bits per heavy atom. The van der Waals surface area contributed by atoms with Gasteiger partial charge in [0.1, 0.15) is 5.75 Å². The molecule has 2 aromatic rings. The van der Waals surface area contributed by atoms with Gasteiger partial charge in [-0.05, 0) is 41.8 Å². The lowest BCUT2D eigenvalue weighted by atomic mass is 10.0. The highest BCUT2D eigenvalue weighted by atomic mass is 35.5. The van der Waals surface area contributed by atoms with E-state index in [1.54, 1.807) is 20.2 Å². The van der Waals surface area contributed by atoms with Crippen molar-refractivity contribution < 1.29 is 9.53 Å². The highest BCUT2D eigenvalue weighted by Gasteiger charge is 2.10. The Kier molecular flexibility index (Phi) is 17.0. The number of hydrogen-bond donors (Lipinski definition) is 2. The molecule has 0 saturated carbocycles. The second-order valence-corrected chi connectivity index (χ2v) is 5.33. The van der Waals surface area contributed by atoms with Gasteiger partial charge < -0.3 is 15.8 Å². The lowest BCUT2D eigenvalue weighted by Crippen LogP contribution is -1.98. The fourth-order valence-electron chi connectivity index (χ4n) is 1.92. The Bertz CT molecular complexity index is 697. The molecule has 27 heavy (non-hydrogen) atoms. The molecular formula is C21H28Cl2N2O2. The first-order valence-electron chi connectivity index (χ1n) is 8.38. The van der Waals surface area contributed by atoms with Crippen LogP contribution in [-0.2, 0) is 11.2 Å². The maximum Gasteiger partial charge on any atom is 0.206 e. The van der Waals surface area contributed by atoms with E-state index in [1.165, 1.54) is 0 Å². The molecule has 2 aromatic carbocycles. The summed E-state index contributed by atoms with van der Waals surface area (Å²) in [6.07, 6.45) is 5.82. The largest absolute Gasteiger partial charge is 0.497 e. The summed E-state index contributed by atoms with van der Waals surface area (Å²) in [5.41, 5.74) is 7.43. The molecule has 0 saturated heterocycles. The van der Waals surface area contributed by atoms with E-state index in [-0.39, 0.29) is 0 Å². The van der Waals surface area contributed by atoms with Gasteiger partial charge in [-0.25, -0.2) is 0 Å². The third-order valence-corrected chi connectivity index (χ3v) is 3.84. The van der Waals surface area contributed by atoms with E-state index in [2.05, 4.69) is 17.5 Å². The van der Waals surface area contributed by atoms with Gasteiger partial charge in [-0.1, -0.05) is 68.6 Å². The smallest absolute Gasteiger partial charge is 0.206 e. The third kappa shape index (κ3) is 9.79. The summed E-state index contributed by atoms with van der Waals surface area (Å²) in [7, 11) is 3.21. The quantitative estimate of drug-likeness (QED) is 0.415. The molecule has 0 atom stereocenters. The van der Waals surface area contributed by atoms with Crippen LogP contribution in [-0.4, -0.2) is 20.6 Å². The Labute approximate surface area is 173 Å². The topological polar surface area (TPSA) is 64.3 Å². The number of nitrogens with two attached hydrogens (primary N) is 1. The summed E-state index contributed by atoms with van der Waals surface area (Å²) in [6.45, 7) is 6.05. The first-order valence-corrected chi connectivity index (χ1v) is 9.14. The van der Waals surface area contributed by atoms with Crippen LogP contribution in [0.2, 0.25) is 10.0 Å². The summed E-state index contributed by atoms with van der Waals surface area (Å²) < 4.78 is 5.15. The first-order chi connectivity index (χ1) is 13.0. The van der Waals surface area contributed by atoms with Crippen LogP contribution in [0.1, 0.15) is 26.3 Å². The van der Waals surface area contributed by atoms with Gasteiger partial charge in [-0.15, -0.1) is 0 Å². The molecule has 0 aromatic heterocycles. The number of methoxy groups -OCH3 is 1. The fourth-order valence-corrected chi connectivity index (χ4v) is 2.66. The summed E-state index contributed by atoms with van der Waals surface area (Å²) >= 11 is 12.5. The highest BCUT2D eigenvalue weighted by Crippen LogP contribution is 2.35. The van der Waals surface area contributed by atoms with Crippen molar-refractivity contribution in [3.63, 3.8) is 0 Å². The van der Waals surface area contributed by atoms with Crippen LogP contribution >= 0.6 is 23.2 Å².